The van der Waals surface area contributed by atoms with E-state index in [-0.39, 0.29) is 18.4 Å². The van der Waals surface area contributed by atoms with E-state index in [1.807, 2.05) is 0 Å². The van der Waals surface area contributed by atoms with Crippen LogP contribution in [0.2, 0.25) is 0 Å². The summed E-state index contributed by atoms with van der Waals surface area (Å²) >= 11 is 0. The number of nitrogens with one attached hydrogen (secondary N) is 1. The Morgan fingerprint density at radius 2 is 2.00 bits per heavy atom. The molecule has 1 aliphatic heterocycles. The summed E-state index contributed by atoms with van der Waals surface area (Å²) in [6.45, 7) is 1.31. The molecule has 1 fully saturated rings. The fraction of sp³-hybridized carbons (Fsp3) is 0.500. The van der Waals surface area contributed by atoms with E-state index in [1.54, 1.807) is 31.2 Å². The van der Waals surface area contributed by atoms with E-state index in [9.17, 15) is 19.5 Å². The van der Waals surface area contributed by atoms with Crippen molar-refractivity contribution in [2.24, 2.45) is 0 Å². The lowest BCUT2D eigenvalue weighted by atomic mass is 10.0. The molecule has 1 aromatic rings. The molecule has 7 heteroatoms. The van der Waals surface area contributed by atoms with Crippen LogP contribution in [-0.2, 0) is 19.1 Å². The Bertz CT molecular complexity index is 696. The predicted molar refractivity (Wildman–Crippen MR) is 91.0 cm³/mol. The average Bonchev–Trinajstić information content (AvgIpc) is 2.97. The van der Waals surface area contributed by atoms with E-state index in [0.29, 0.717) is 24.2 Å². The molecule has 1 heterocycles. The van der Waals surface area contributed by atoms with Crippen molar-refractivity contribution < 1.29 is 24.2 Å². The van der Waals surface area contributed by atoms with E-state index in [0.717, 1.165) is 12.8 Å². The van der Waals surface area contributed by atoms with Gasteiger partial charge in [0.2, 0.25) is 5.91 Å². The first-order valence-corrected chi connectivity index (χ1v) is 8.51. The highest BCUT2D eigenvalue weighted by atomic mass is 16.6. The van der Waals surface area contributed by atoms with Gasteiger partial charge in [-0.15, -0.1) is 0 Å². The first-order chi connectivity index (χ1) is 11.9. The van der Waals surface area contributed by atoms with Gasteiger partial charge in [0.1, 0.15) is 0 Å². The number of esters is 1. The highest BCUT2D eigenvalue weighted by Gasteiger charge is 2.41. The molecule has 1 aromatic carbocycles. The lowest BCUT2D eigenvalue weighted by Gasteiger charge is -2.28. The molecule has 134 valence electrons. The van der Waals surface area contributed by atoms with E-state index in [1.165, 1.54) is 4.90 Å². The van der Waals surface area contributed by atoms with Crippen molar-refractivity contribution in [2.75, 3.05) is 16.8 Å². The topological polar surface area (TPSA) is 95.9 Å². The predicted octanol–water partition coefficient (Wildman–Crippen LogP) is 1.60. The Kier molecular flexibility index (Phi) is 4.76. The van der Waals surface area contributed by atoms with Crippen LogP contribution in [0.15, 0.2) is 24.3 Å². The number of carbonyl (C=O) groups excluding carboxylic acids is 3. The number of nitrogens with zero attached hydrogens (tertiary/aromatic N) is 1. The maximum absolute atomic E-state index is 12.7. The average molecular weight is 346 g/mol. The molecular formula is C18H22N2O5. The Morgan fingerprint density at radius 3 is 2.72 bits per heavy atom. The van der Waals surface area contributed by atoms with Crippen LogP contribution >= 0.6 is 0 Å². The van der Waals surface area contributed by atoms with Crippen molar-refractivity contribution in [1.82, 2.24) is 0 Å². The van der Waals surface area contributed by atoms with Crippen LogP contribution in [0.1, 0.15) is 39.0 Å². The minimum atomic E-state index is -1.47. The summed E-state index contributed by atoms with van der Waals surface area (Å²) in [5, 5.41) is 13.0. The Labute approximate surface area is 146 Å². The number of hydrogen-bond acceptors (Lipinski definition) is 5. The van der Waals surface area contributed by atoms with E-state index >= 15 is 0 Å². The molecule has 0 spiro atoms. The molecule has 25 heavy (non-hydrogen) atoms. The number of fused-ring (bicyclic) bond motifs is 1. The largest absolute Gasteiger partial charge is 0.453 e. The normalized spacial score (nSPS) is 21.9. The second-order valence-electron chi connectivity index (χ2n) is 6.70. The Balaban J connectivity index is 1.74. The second-order valence-corrected chi connectivity index (χ2v) is 6.70. The second kappa shape index (κ2) is 6.84. The quantitative estimate of drug-likeness (QED) is 0.811. The number of amides is 2. The molecular weight excluding hydrogens is 324 g/mol. The van der Waals surface area contributed by atoms with Gasteiger partial charge in [0.25, 0.3) is 5.91 Å². The minimum absolute atomic E-state index is 0.151. The van der Waals surface area contributed by atoms with E-state index < -0.39 is 24.1 Å². The van der Waals surface area contributed by atoms with Gasteiger partial charge in [-0.1, -0.05) is 12.1 Å². The van der Waals surface area contributed by atoms with Crippen LogP contribution in [-0.4, -0.2) is 41.1 Å². The summed E-state index contributed by atoms with van der Waals surface area (Å²) in [5.74, 6) is -1.35. The van der Waals surface area contributed by atoms with Crippen LogP contribution in [0.5, 0.6) is 0 Å². The minimum Gasteiger partial charge on any atom is -0.453 e. The van der Waals surface area contributed by atoms with Crippen molar-refractivity contribution >= 4 is 29.2 Å². The first kappa shape index (κ1) is 17.4. The Morgan fingerprint density at radius 1 is 1.32 bits per heavy atom. The molecule has 2 amide bonds. The van der Waals surface area contributed by atoms with Gasteiger partial charge in [-0.05, 0) is 44.7 Å². The van der Waals surface area contributed by atoms with Gasteiger partial charge in [0.05, 0.1) is 11.4 Å². The molecule has 2 aliphatic rings. The lowest BCUT2D eigenvalue weighted by molar-refractivity contribution is -0.166. The number of anilines is 2. The zero-order valence-corrected chi connectivity index (χ0v) is 14.2. The maximum Gasteiger partial charge on any atom is 0.338 e. The van der Waals surface area contributed by atoms with Crippen molar-refractivity contribution in [3.8, 4) is 0 Å². The molecule has 1 aliphatic carbocycles. The van der Waals surface area contributed by atoms with Crippen LogP contribution in [0.3, 0.4) is 0 Å². The monoisotopic (exact) mass is 346 g/mol. The first-order valence-electron chi connectivity index (χ1n) is 8.51. The van der Waals surface area contributed by atoms with Crippen LogP contribution in [0.4, 0.5) is 11.4 Å². The molecule has 1 unspecified atom stereocenters. The van der Waals surface area contributed by atoms with Gasteiger partial charge in [0, 0.05) is 12.5 Å². The zero-order valence-electron chi connectivity index (χ0n) is 14.2. The van der Waals surface area contributed by atoms with Gasteiger partial charge in [-0.3, -0.25) is 9.59 Å². The number of ether oxygens (including phenoxy) is 1. The summed E-state index contributed by atoms with van der Waals surface area (Å²) in [6.07, 6.45) is 2.41. The maximum atomic E-state index is 12.7. The number of hydrogen-bond donors (Lipinski definition) is 2. The van der Waals surface area contributed by atoms with Crippen molar-refractivity contribution in [3.05, 3.63) is 24.3 Å². The van der Waals surface area contributed by atoms with Gasteiger partial charge >= 0.3 is 5.97 Å². The summed E-state index contributed by atoms with van der Waals surface area (Å²) in [4.78, 5) is 38.2. The van der Waals surface area contributed by atoms with Gasteiger partial charge < -0.3 is 20.1 Å². The molecule has 3 rings (SSSR count). The number of rotatable bonds is 3. The third kappa shape index (κ3) is 3.51. The van der Waals surface area contributed by atoms with Crippen molar-refractivity contribution in [3.63, 3.8) is 0 Å². The standard InChI is InChI=1S/C18H22N2O5/c1-12-10-15(21)19-13-6-2-3-7-14(13)20(12)16(22)11-25-17(23)18(24)8-4-5-9-18/h2-3,6-7,12,24H,4-5,8-11H2,1H3,(H,19,21). The highest BCUT2D eigenvalue weighted by molar-refractivity contribution is 6.05. The summed E-state index contributed by atoms with van der Waals surface area (Å²) in [7, 11) is 0. The van der Waals surface area contributed by atoms with Crippen LogP contribution in [0, 0.1) is 0 Å². The molecule has 7 nitrogen and oxygen atoms in total. The Hall–Kier alpha value is -2.41. The zero-order chi connectivity index (χ0) is 18.0. The highest BCUT2D eigenvalue weighted by Crippen LogP contribution is 2.32. The van der Waals surface area contributed by atoms with Crippen molar-refractivity contribution in [2.45, 2.75) is 50.7 Å². The summed E-state index contributed by atoms with van der Waals surface area (Å²) in [6, 6.07) is 6.63. The van der Waals surface area contributed by atoms with Crippen LogP contribution < -0.4 is 10.2 Å². The SMILES string of the molecule is CC1CC(=O)Nc2ccccc2N1C(=O)COC(=O)C1(O)CCCC1. The molecule has 2 N–H and O–H groups in total. The molecule has 0 aromatic heterocycles. The van der Waals surface area contributed by atoms with Gasteiger partial charge in [-0.25, -0.2) is 4.79 Å². The van der Waals surface area contributed by atoms with Crippen molar-refractivity contribution in [1.29, 1.82) is 0 Å². The third-order valence-corrected chi connectivity index (χ3v) is 4.77. The van der Waals surface area contributed by atoms with E-state index in [2.05, 4.69) is 5.32 Å². The summed E-state index contributed by atoms with van der Waals surface area (Å²) < 4.78 is 5.09. The van der Waals surface area contributed by atoms with Crippen LogP contribution in [0.25, 0.3) is 0 Å². The number of benzene rings is 1. The number of carbonyl (C=O) groups is 3. The number of aliphatic hydroxyl groups is 1. The fourth-order valence-corrected chi connectivity index (χ4v) is 3.46. The fourth-order valence-electron chi connectivity index (χ4n) is 3.46. The van der Waals surface area contributed by atoms with Gasteiger partial charge in [0.15, 0.2) is 12.2 Å². The molecule has 0 bridgehead atoms. The van der Waals surface area contributed by atoms with Gasteiger partial charge in [-0.2, -0.15) is 0 Å². The third-order valence-electron chi connectivity index (χ3n) is 4.77. The lowest BCUT2D eigenvalue weighted by Crippen LogP contribution is -2.44. The van der Waals surface area contributed by atoms with E-state index in [4.69, 9.17) is 4.74 Å². The molecule has 1 atom stereocenters. The molecule has 1 saturated carbocycles. The summed E-state index contributed by atoms with van der Waals surface area (Å²) in [5.41, 5.74) is -0.354. The smallest absolute Gasteiger partial charge is 0.338 e. The molecule has 0 saturated heterocycles. The number of para-hydroxylation sites is 2. The molecule has 0 radical (unpaired) electrons.